The molecule has 3 heteroatoms. The molecule has 1 N–H and O–H groups in total. The number of aromatic amines is 1. The minimum atomic E-state index is 0.692. The number of nitrogens with one attached hydrogen (secondary N) is 1. The molecule has 1 heterocycles. The standard InChI is InChI=1S/C16H14N2O/c1-11-3-6-13(7-4-11)16-17-14-8-5-12(10-19)9-15(14)18(16)2/h3-10H,1-2H3/p+1. The molecule has 1 aromatic heterocycles. The third kappa shape index (κ3) is 1.93. The van der Waals surface area contributed by atoms with Gasteiger partial charge in [0.05, 0.1) is 12.6 Å². The first kappa shape index (κ1) is 11.7. The monoisotopic (exact) mass is 251 g/mol. The van der Waals surface area contributed by atoms with Crippen molar-refractivity contribution >= 4 is 17.3 Å². The summed E-state index contributed by atoms with van der Waals surface area (Å²) in [5, 5.41) is 0. The first-order chi connectivity index (χ1) is 9.19. The fraction of sp³-hybridized carbons (Fsp3) is 0.125. The second-order valence-corrected chi connectivity index (χ2v) is 4.79. The summed E-state index contributed by atoms with van der Waals surface area (Å²) in [6, 6.07) is 14.1. The van der Waals surface area contributed by atoms with Crippen LogP contribution in [-0.4, -0.2) is 11.3 Å². The summed E-state index contributed by atoms with van der Waals surface area (Å²) >= 11 is 0. The third-order valence-electron chi connectivity index (χ3n) is 3.43. The average Bonchev–Trinajstić information content (AvgIpc) is 2.76. The molecule has 0 saturated carbocycles. The van der Waals surface area contributed by atoms with Gasteiger partial charge in [0, 0.05) is 5.56 Å². The van der Waals surface area contributed by atoms with E-state index < -0.39 is 0 Å². The van der Waals surface area contributed by atoms with E-state index in [0.717, 1.165) is 28.7 Å². The maximum absolute atomic E-state index is 10.9. The predicted octanol–water partition coefficient (Wildman–Crippen LogP) is 2.78. The van der Waals surface area contributed by atoms with Crippen molar-refractivity contribution in [3.05, 3.63) is 53.6 Å². The summed E-state index contributed by atoms with van der Waals surface area (Å²) in [7, 11) is 2.00. The summed E-state index contributed by atoms with van der Waals surface area (Å²) < 4.78 is 2.08. The first-order valence-corrected chi connectivity index (χ1v) is 6.23. The van der Waals surface area contributed by atoms with Gasteiger partial charge in [0.15, 0.2) is 11.0 Å². The quantitative estimate of drug-likeness (QED) is 0.552. The van der Waals surface area contributed by atoms with Gasteiger partial charge in [0.1, 0.15) is 6.29 Å². The molecule has 0 fully saturated rings. The number of carbonyl (C=O) groups is 1. The fourth-order valence-electron chi connectivity index (χ4n) is 2.31. The van der Waals surface area contributed by atoms with Crippen LogP contribution < -0.4 is 4.57 Å². The molecule has 0 unspecified atom stereocenters. The molecule has 0 aliphatic heterocycles. The van der Waals surface area contributed by atoms with Crippen LogP contribution in [0.15, 0.2) is 42.5 Å². The van der Waals surface area contributed by atoms with Crippen LogP contribution in [0.4, 0.5) is 0 Å². The van der Waals surface area contributed by atoms with Gasteiger partial charge in [0.25, 0.3) is 5.82 Å². The minimum absolute atomic E-state index is 0.692. The van der Waals surface area contributed by atoms with Gasteiger partial charge in [-0.05, 0) is 37.3 Å². The second kappa shape index (κ2) is 4.35. The average molecular weight is 251 g/mol. The molecular formula is C16H15N2O+. The molecule has 3 aromatic rings. The number of fused-ring (bicyclic) bond motifs is 1. The van der Waals surface area contributed by atoms with Crippen LogP contribution in [0.25, 0.3) is 22.4 Å². The van der Waals surface area contributed by atoms with Crippen LogP contribution in [-0.2, 0) is 7.05 Å². The largest absolute Gasteiger partial charge is 0.298 e. The highest BCUT2D eigenvalue weighted by atomic mass is 16.1. The van der Waals surface area contributed by atoms with E-state index in [4.69, 9.17) is 0 Å². The van der Waals surface area contributed by atoms with Gasteiger partial charge in [-0.2, -0.15) is 0 Å². The molecule has 19 heavy (non-hydrogen) atoms. The lowest BCUT2D eigenvalue weighted by Gasteiger charge is -1.96. The number of aldehydes is 1. The van der Waals surface area contributed by atoms with Gasteiger partial charge in [0.2, 0.25) is 0 Å². The second-order valence-electron chi connectivity index (χ2n) is 4.79. The van der Waals surface area contributed by atoms with E-state index in [2.05, 4.69) is 40.7 Å². The van der Waals surface area contributed by atoms with Gasteiger partial charge in [-0.1, -0.05) is 17.7 Å². The van der Waals surface area contributed by atoms with Gasteiger partial charge >= 0.3 is 0 Å². The van der Waals surface area contributed by atoms with E-state index in [-0.39, 0.29) is 0 Å². The lowest BCUT2D eigenvalue weighted by molar-refractivity contribution is -0.633. The van der Waals surface area contributed by atoms with Crippen LogP contribution in [0.3, 0.4) is 0 Å². The van der Waals surface area contributed by atoms with Crippen molar-refractivity contribution in [1.82, 2.24) is 4.98 Å². The van der Waals surface area contributed by atoms with Crippen molar-refractivity contribution in [2.45, 2.75) is 6.92 Å². The Bertz CT molecular complexity index is 754. The highest BCUT2D eigenvalue weighted by Gasteiger charge is 2.17. The van der Waals surface area contributed by atoms with E-state index in [9.17, 15) is 4.79 Å². The summed E-state index contributed by atoms with van der Waals surface area (Å²) in [6.45, 7) is 2.07. The summed E-state index contributed by atoms with van der Waals surface area (Å²) in [4.78, 5) is 14.3. The molecule has 0 bridgehead atoms. The Morgan fingerprint density at radius 3 is 2.53 bits per heavy atom. The van der Waals surface area contributed by atoms with Crippen molar-refractivity contribution < 1.29 is 9.36 Å². The Morgan fingerprint density at radius 1 is 1.11 bits per heavy atom. The number of carbonyl (C=O) groups excluding carboxylic acids is 1. The fourth-order valence-corrected chi connectivity index (χ4v) is 2.31. The molecule has 94 valence electrons. The molecule has 3 rings (SSSR count). The lowest BCUT2D eigenvalue weighted by atomic mass is 10.1. The van der Waals surface area contributed by atoms with Gasteiger partial charge in [-0.15, -0.1) is 0 Å². The van der Waals surface area contributed by atoms with E-state index in [1.54, 1.807) is 0 Å². The molecule has 2 aromatic carbocycles. The van der Waals surface area contributed by atoms with E-state index in [1.807, 2.05) is 25.2 Å². The molecule has 0 aliphatic carbocycles. The summed E-state index contributed by atoms with van der Waals surface area (Å²) in [5.74, 6) is 1.04. The Morgan fingerprint density at radius 2 is 1.84 bits per heavy atom. The van der Waals surface area contributed by atoms with Gasteiger partial charge in [-0.3, -0.25) is 4.79 Å². The number of hydrogen-bond acceptors (Lipinski definition) is 1. The molecule has 3 nitrogen and oxygen atoms in total. The van der Waals surface area contributed by atoms with Crippen LogP contribution in [0.1, 0.15) is 15.9 Å². The molecule has 0 saturated heterocycles. The van der Waals surface area contributed by atoms with Crippen LogP contribution in [0.5, 0.6) is 0 Å². The SMILES string of the molecule is Cc1ccc(-c2[nH]c3ccc(C=O)cc3[n+]2C)cc1. The van der Waals surface area contributed by atoms with Gasteiger partial charge in [-0.25, -0.2) is 9.55 Å². The predicted molar refractivity (Wildman–Crippen MR) is 75.0 cm³/mol. The van der Waals surface area contributed by atoms with Crippen LogP contribution in [0.2, 0.25) is 0 Å². The van der Waals surface area contributed by atoms with Crippen molar-refractivity contribution in [1.29, 1.82) is 0 Å². The van der Waals surface area contributed by atoms with Crippen molar-refractivity contribution in [3.8, 4) is 11.4 Å². The highest BCUT2D eigenvalue weighted by molar-refractivity contribution is 5.84. The molecule has 0 atom stereocenters. The van der Waals surface area contributed by atoms with E-state index in [0.29, 0.717) is 5.56 Å². The van der Waals surface area contributed by atoms with Crippen molar-refractivity contribution in [3.63, 3.8) is 0 Å². The number of aromatic nitrogens is 2. The summed E-state index contributed by atoms with van der Waals surface area (Å²) in [5.41, 5.74) is 5.13. The molecule has 0 spiro atoms. The van der Waals surface area contributed by atoms with Crippen molar-refractivity contribution in [2.75, 3.05) is 0 Å². The van der Waals surface area contributed by atoms with Crippen LogP contribution in [0, 0.1) is 6.92 Å². The van der Waals surface area contributed by atoms with Crippen molar-refractivity contribution in [2.24, 2.45) is 7.05 Å². The number of benzene rings is 2. The lowest BCUT2D eigenvalue weighted by Crippen LogP contribution is -2.29. The Kier molecular flexibility index (Phi) is 2.67. The topological polar surface area (TPSA) is 36.7 Å². The number of rotatable bonds is 2. The maximum atomic E-state index is 10.9. The smallest absolute Gasteiger partial charge is 0.287 e. The highest BCUT2D eigenvalue weighted by Crippen LogP contribution is 2.19. The van der Waals surface area contributed by atoms with Gasteiger partial charge < -0.3 is 0 Å². The molecule has 0 radical (unpaired) electrons. The molecular weight excluding hydrogens is 236 g/mol. The summed E-state index contributed by atoms with van der Waals surface area (Å²) in [6.07, 6.45) is 0.873. The Balaban J connectivity index is 2.22. The Hall–Kier alpha value is -2.42. The van der Waals surface area contributed by atoms with Crippen LogP contribution >= 0.6 is 0 Å². The number of nitrogens with zero attached hydrogens (tertiary/aromatic N) is 1. The Labute approximate surface area is 111 Å². The van der Waals surface area contributed by atoms with E-state index >= 15 is 0 Å². The van der Waals surface area contributed by atoms with E-state index in [1.165, 1.54) is 5.56 Å². The normalized spacial score (nSPS) is 10.8. The number of imidazole rings is 1. The number of H-pyrrole nitrogens is 1. The molecule has 0 amide bonds. The third-order valence-corrected chi connectivity index (χ3v) is 3.43. The zero-order valence-electron chi connectivity index (χ0n) is 11.0. The maximum Gasteiger partial charge on any atom is 0.287 e. The number of hydrogen-bond donors (Lipinski definition) is 1. The minimum Gasteiger partial charge on any atom is -0.298 e. The zero-order valence-corrected chi connectivity index (χ0v) is 11.0. The zero-order chi connectivity index (χ0) is 13.4. The molecule has 0 aliphatic rings. The first-order valence-electron chi connectivity index (χ1n) is 6.23. The number of aryl methyl sites for hydroxylation is 2.